The van der Waals surface area contributed by atoms with Crippen LogP contribution in [0.5, 0.6) is 0 Å². The van der Waals surface area contributed by atoms with Crippen LogP contribution >= 0.6 is 11.6 Å². The zero-order valence-corrected chi connectivity index (χ0v) is 12.8. The van der Waals surface area contributed by atoms with Gasteiger partial charge in [-0.3, -0.25) is 4.79 Å². The van der Waals surface area contributed by atoms with Crippen LogP contribution in [0.25, 0.3) is 11.0 Å². The van der Waals surface area contributed by atoms with Crippen LogP contribution in [0, 0.1) is 0 Å². The van der Waals surface area contributed by atoms with Crippen molar-refractivity contribution in [1.29, 1.82) is 0 Å². The largest absolute Gasteiger partial charge is 0.423 e. The molecule has 0 aliphatic carbocycles. The lowest BCUT2D eigenvalue weighted by Gasteiger charge is -2.27. The van der Waals surface area contributed by atoms with E-state index in [-0.39, 0.29) is 11.8 Å². The number of hydrogen-bond donors (Lipinski definition) is 1. The van der Waals surface area contributed by atoms with E-state index in [1.54, 1.807) is 24.3 Å². The number of anilines is 1. The first kappa shape index (κ1) is 14.0. The van der Waals surface area contributed by atoms with Crippen LogP contribution in [0.1, 0.15) is 28.4 Å². The van der Waals surface area contributed by atoms with Gasteiger partial charge in [0.2, 0.25) is 0 Å². The molecule has 3 aromatic rings. The Bertz CT molecular complexity index is 993. The van der Waals surface area contributed by atoms with Crippen molar-refractivity contribution in [2.75, 3.05) is 5.32 Å². The van der Waals surface area contributed by atoms with Crippen molar-refractivity contribution < 1.29 is 9.21 Å². The zero-order valence-electron chi connectivity index (χ0n) is 12.0. The summed E-state index contributed by atoms with van der Waals surface area (Å²) in [5.41, 5.74) is 2.28. The Morgan fingerprint density at radius 3 is 2.78 bits per heavy atom. The van der Waals surface area contributed by atoms with Gasteiger partial charge in [0.15, 0.2) is 5.78 Å². The van der Waals surface area contributed by atoms with Gasteiger partial charge in [-0.15, -0.1) is 0 Å². The summed E-state index contributed by atoms with van der Waals surface area (Å²) < 4.78 is 5.15. The van der Waals surface area contributed by atoms with E-state index in [1.165, 1.54) is 6.07 Å². The summed E-state index contributed by atoms with van der Waals surface area (Å²) in [5.74, 6) is 0.0168. The second-order valence-electron chi connectivity index (χ2n) is 5.53. The third-order valence-electron chi connectivity index (χ3n) is 4.05. The Hall–Kier alpha value is -2.59. The number of carbonyl (C=O) groups is 1. The van der Waals surface area contributed by atoms with Gasteiger partial charge >= 0.3 is 5.63 Å². The van der Waals surface area contributed by atoms with E-state index in [2.05, 4.69) is 5.32 Å². The molecule has 23 heavy (non-hydrogen) atoms. The molecule has 1 atom stereocenters. The van der Waals surface area contributed by atoms with Gasteiger partial charge in [-0.05, 0) is 35.9 Å². The molecule has 1 unspecified atom stereocenters. The molecule has 1 N–H and O–H groups in total. The third-order valence-corrected chi connectivity index (χ3v) is 4.29. The standard InChI is InChI=1S/C18H12ClNO3/c19-11-3-1-2-10(8-11)14-9-15(21)18-12-4-7-17(22)23-16(12)6-5-13(18)20-14/h1-8,14,20H,9H2. The SMILES string of the molecule is O=C1CC(c2cccc(Cl)c2)Nc2ccc3oc(=O)ccc3c21. The highest BCUT2D eigenvalue weighted by molar-refractivity contribution is 6.30. The lowest BCUT2D eigenvalue weighted by atomic mass is 9.90. The van der Waals surface area contributed by atoms with Crippen LogP contribution in [0.3, 0.4) is 0 Å². The summed E-state index contributed by atoms with van der Waals surface area (Å²) in [4.78, 5) is 24.0. The predicted molar refractivity (Wildman–Crippen MR) is 89.2 cm³/mol. The molecule has 2 aromatic carbocycles. The van der Waals surface area contributed by atoms with Crippen molar-refractivity contribution in [3.8, 4) is 0 Å². The van der Waals surface area contributed by atoms with Crippen LogP contribution in [-0.4, -0.2) is 5.78 Å². The normalized spacial score (nSPS) is 16.9. The number of rotatable bonds is 1. The highest BCUT2D eigenvalue weighted by atomic mass is 35.5. The Kier molecular flexibility index (Phi) is 3.20. The summed E-state index contributed by atoms with van der Waals surface area (Å²) in [6.45, 7) is 0. The minimum absolute atomic E-state index is 0.0168. The third kappa shape index (κ3) is 2.41. The lowest BCUT2D eigenvalue weighted by Crippen LogP contribution is -2.23. The van der Waals surface area contributed by atoms with E-state index in [9.17, 15) is 9.59 Å². The molecular weight excluding hydrogens is 314 g/mol. The first-order valence-electron chi connectivity index (χ1n) is 7.24. The van der Waals surface area contributed by atoms with E-state index in [0.29, 0.717) is 28.0 Å². The Morgan fingerprint density at radius 1 is 1.09 bits per heavy atom. The second kappa shape index (κ2) is 5.25. The smallest absolute Gasteiger partial charge is 0.336 e. The fraction of sp³-hybridized carbons (Fsp3) is 0.111. The van der Waals surface area contributed by atoms with Gasteiger partial charge in [0, 0.05) is 28.6 Å². The average Bonchev–Trinajstić information content (AvgIpc) is 2.54. The lowest BCUT2D eigenvalue weighted by molar-refractivity contribution is 0.0974. The van der Waals surface area contributed by atoms with Gasteiger partial charge in [-0.2, -0.15) is 0 Å². The first-order valence-corrected chi connectivity index (χ1v) is 7.62. The Morgan fingerprint density at radius 2 is 1.96 bits per heavy atom. The van der Waals surface area contributed by atoms with Crippen molar-refractivity contribution in [3.63, 3.8) is 0 Å². The molecule has 2 heterocycles. The van der Waals surface area contributed by atoms with Crippen LogP contribution in [-0.2, 0) is 0 Å². The van der Waals surface area contributed by atoms with Gasteiger partial charge in [0.05, 0.1) is 11.6 Å². The highest BCUT2D eigenvalue weighted by Crippen LogP contribution is 2.36. The van der Waals surface area contributed by atoms with Crippen LogP contribution in [0.2, 0.25) is 5.02 Å². The number of benzene rings is 2. The predicted octanol–water partition coefficient (Wildman–Crippen LogP) is 4.19. The molecule has 4 rings (SSSR count). The molecule has 1 aliphatic rings. The van der Waals surface area contributed by atoms with Crippen LogP contribution in [0.4, 0.5) is 5.69 Å². The summed E-state index contributed by atoms with van der Waals surface area (Å²) in [6, 6.07) is 13.8. The molecule has 0 bridgehead atoms. The van der Waals surface area contributed by atoms with E-state index in [1.807, 2.05) is 18.2 Å². The molecule has 0 spiro atoms. The number of halogens is 1. The van der Waals surface area contributed by atoms with E-state index in [0.717, 1.165) is 11.3 Å². The first-order chi connectivity index (χ1) is 11.1. The number of Topliss-reactive ketones (excluding diaryl/α,β-unsaturated/α-hetero) is 1. The summed E-state index contributed by atoms with van der Waals surface area (Å²) >= 11 is 6.04. The van der Waals surface area contributed by atoms with Gasteiger partial charge in [0.25, 0.3) is 0 Å². The molecule has 0 radical (unpaired) electrons. The molecule has 0 amide bonds. The number of fused-ring (bicyclic) bond motifs is 3. The minimum atomic E-state index is -0.425. The molecule has 4 nitrogen and oxygen atoms in total. The quantitative estimate of drug-likeness (QED) is 0.682. The molecule has 0 saturated heterocycles. The number of ketones is 1. The maximum atomic E-state index is 12.7. The van der Waals surface area contributed by atoms with Crippen molar-refractivity contribution in [2.24, 2.45) is 0 Å². The second-order valence-corrected chi connectivity index (χ2v) is 5.97. The number of nitrogens with one attached hydrogen (secondary N) is 1. The van der Waals surface area contributed by atoms with Crippen molar-refractivity contribution in [1.82, 2.24) is 0 Å². The molecule has 0 saturated carbocycles. The fourth-order valence-electron chi connectivity index (χ4n) is 3.02. The maximum Gasteiger partial charge on any atom is 0.336 e. The average molecular weight is 326 g/mol. The molecule has 1 aromatic heterocycles. The van der Waals surface area contributed by atoms with Gasteiger partial charge in [0.1, 0.15) is 5.58 Å². The molecule has 0 fully saturated rings. The number of carbonyl (C=O) groups excluding carboxylic acids is 1. The summed E-state index contributed by atoms with van der Waals surface area (Å²) in [6.07, 6.45) is 0.325. The van der Waals surface area contributed by atoms with Crippen LogP contribution < -0.4 is 10.9 Å². The fourth-order valence-corrected chi connectivity index (χ4v) is 3.22. The van der Waals surface area contributed by atoms with Crippen molar-refractivity contribution in [3.05, 3.63) is 75.1 Å². The molecule has 1 aliphatic heterocycles. The van der Waals surface area contributed by atoms with Crippen molar-refractivity contribution in [2.45, 2.75) is 12.5 Å². The van der Waals surface area contributed by atoms with E-state index in [4.69, 9.17) is 16.0 Å². The maximum absolute atomic E-state index is 12.7. The number of hydrogen-bond acceptors (Lipinski definition) is 4. The van der Waals surface area contributed by atoms with Gasteiger partial charge in [-0.25, -0.2) is 4.79 Å². The molecule has 114 valence electrons. The molecule has 5 heteroatoms. The topological polar surface area (TPSA) is 59.3 Å². The summed E-state index contributed by atoms with van der Waals surface area (Å²) in [7, 11) is 0. The minimum Gasteiger partial charge on any atom is -0.423 e. The Balaban J connectivity index is 1.82. The monoisotopic (exact) mass is 325 g/mol. The van der Waals surface area contributed by atoms with E-state index >= 15 is 0 Å². The summed E-state index contributed by atoms with van der Waals surface area (Å²) in [5, 5.41) is 4.68. The highest BCUT2D eigenvalue weighted by Gasteiger charge is 2.27. The van der Waals surface area contributed by atoms with E-state index < -0.39 is 5.63 Å². The zero-order chi connectivity index (χ0) is 16.0. The van der Waals surface area contributed by atoms with Gasteiger partial charge < -0.3 is 9.73 Å². The molecular formula is C18H12ClNO3. The van der Waals surface area contributed by atoms with Crippen LogP contribution in [0.15, 0.2) is 57.7 Å². The van der Waals surface area contributed by atoms with Crippen molar-refractivity contribution >= 4 is 34.0 Å². The Labute approximate surface area is 136 Å². The van der Waals surface area contributed by atoms with Gasteiger partial charge in [-0.1, -0.05) is 23.7 Å².